The maximum Gasteiger partial charge on any atom is 0.233 e. The zero-order valence-corrected chi connectivity index (χ0v) is 15.5. The van der Waals surface area contributed by atoms with E-state index in [9.17, 15) is 14.0 Å². The van der Waals surface area contributed by atoms with Crippen molar-refractivity contribution in [3.05, 3.63) is 59.9 Å². The van der Waals surface area contributed by atoms with Crippen LogP contribution in [0.5, 0.6) is 0 Å². The van der Waals surface area contributed by atoms with E-state index in [1.54, 1.807) is 6.92 Å². The predicted molar refractivity (Wildman–Crippen MR) is 101 cm³/mol. The average Bonchev–Trinajstić information content (AvgIpc) is 3.11. The SMILES string of the molecule is C[C@@]1(C(=O)Nc2ccc(F)c(NC(=O)Cc3ccccc3)c2)CC1(Cl)Cl. The molecule has 0 unspecified atom stereocenters. The van der Waals surface area contributed by atoms with Crippen LogP contribution < -0.4 is 10.6 Å². The molecular formula is C19H17Cl2FN2O2. The van der Waals surface area contributed by atoms with Crippen LogP contribution in [0.2, 0.25) is 0 Å². The molecule has 0 aliphatic heterocycles. The van der Waals surface area contributed by atoms with Crippen LogP contribution in [0.3, 0.4) is 0 Å². The van der Waals surface area contributed by atoms with Crippen LogP contribution >= 0.6 is 23.2 Å². The Balaban J connectivity index is 1.68. The van der Waals surface area contributed by atoms with Crippen LogP contribution in [-0.4, -0.2) is 16.1 Å². The monoisotopic (exact) mass is 394 g/mol. The lowest BCUT2D eigenvalue weighted by Crippen LogP contribution is -2.26. The largest absolute Gasteiger partial charge is 0.325 e. The Morgan fingerprint density at radius 3 is 2.38 bits per heavy atom. The van der Waals surface area contributed by atoms with E-state index in [2.05, 4.69) is 10.6 Å². The van der Waals surface area contributed by atoms with Crippen molar-refractivity contribution in [3.63, 3.8) is 0 Å². The van der Waals surface area contributed by atoms with Crippen LogP contribution in [0.25, 0.3) is 0 Å². The Kier molecular flexibility index (Phi) is 4.95. The van der Waals surface area contributed by atoms with Crippen LogP contribution in [0.4, 0.5) is 15.8 Å². The first-order valence-electron chi connectivity index (χ1n) is 8.04. The molecule has 0 spiro atoms. The van der Waals surface area contributed by atoms with E-state index in [0.29, 0.717) is 12.1 Å². The van der Waals surface area contributed by atoms with E-state index < -0.39 is 15.6 Å². The summed E-state index contributed by atoms with van der Waals surface area (Å²) in [7, 11) is 0. The Labute approximate surface area is 160 Å². The number of hydrogen-bond donors (Lipinski definition) is 2. The third-order valence-corrected chi connectivity index (χ3v) is 5.57. The zero-order valence-electron chi connectivity index (χ0n) is 14.0. The molecule has 1 saturated carbocycles. The number of hydrogen-bond acceptors (Lipinski definition) is 2. The standard InChI is InChI=1S/C19H17Cl2FN2O2/c1-18(11-19(18,20)21)17(26)23-13-7-8-14(22)15(10-13)24-16(25)9-12-5-3-2-4-6-12/h2-8,10H,9,11H2,1H3,(H,23,26)(H,24,25)/t18-/m0/s1. The minimum atomic E-state index is -1.09. The average molecular weight is 395 g/mol. The highest BCUT2D eigenvalue weighted by Gasteiger charge is 2.67. The maximum atomic E-state index is 14.0. The number of rotatable bonds is 5. The van der Waals surface area contributed by atoms with Gasteiger partial charge in [-0.15, -0.1) is 23.2 Å². The number of amides is 2. The van der Waals surface area contributed by atoms with E-state index in [-0.39, 0.29) is 23.9 Å². The summed E-state index contributed by atoms with van der Waals surface area (Å²) in [5.41, 5.74) is 0.273. The molecule has 1 atom stereocenters. The fourth-order valence-electron chi connectivity index (χ4n) is 2.59. The summed E-state index contributed by atoms with van der Waals surface area (Å²) in [5.74, 6) is -1.30. The Morgan fingerprint density at radius 2 is 1.77 bits per heavy atom. The molecule has 0 heterocycles. The van der Waals surface area contributed by atoms with Gasteiger partial charge in [0.1, 0.15) is 10.2 Å². The molecule has 2 aromatic rings. The molecule has 3 rings (SSSR count). The number of alkyl halides is 2. The Morgan fingerprint density at radius 1 is 1.12 bits per heavy atom. The van der Waals surface area contributed by atoms with Crippen molar-refractivity contribution in [2.75, 3.05) is 10.6 Å². The summed E-state index contributed by atoms with van der Waals surface area (Å²) >= 11 is 12.0. The fourth-order valence-corrected chi connectivity index (χ4v) is 3.30. The van der Waals surface area contributed by atoms with E-state index in [1.165, 1.54) is 18.2 Å². The van der Waals surface area contributed by atoms with Gasteiger partial charge in [-0.05, 0) is 37.1 Å². The molecule has 136 valence electrons. The van der Waals surface area contributed by atoms with Gasteiger partial charge in [0.25, 0.3) is 0 Å². The van der Waals surface area contributed by atoms with Gasteiger partial charge in [-0.3, -0.25) is 9.59 Å². The van der Waals surface area contributed by atoms with Crippen molar-refractivity contribution < 1.29 is 14.0 Å². The third kappa shape index (κ3) is 3.84. The normalized spacial score (nSPS) is 20.3. The van der Waals surface area contributed by atoms with Crippen LogP contribution in [0.1, 0.15) is 18.9 Å². The van der Waals surface area contributed by atoms with Gasteiger partial charge in [0.2, 0.25) is 11.8 Å². The van der Waals surface area contributed by atoms with Gasteiger partial charge < -0.3 is 10.6 Å². The molecule has 26 heavy (non-hydrogen) atoms. The first-order chi connectivity index (χ1) is 12.2. The minimum Gasteiger partial charge on any atom is -0.325 e. The number of carbonyl (C=O) groups excluding carboxylic acids is 2. The summed E-state index contributed by atoms with van der Waals surface area (Å²) in [5, 5.41) is 5.19. The molecular weight excluding hydrogens is 378 g/mol. The molecule has 2 N–H and O–H groups in total. The fraction of sp³-hybridized carbons (Fsp3) is 0.263. The third-order valence-electron chi connectivity index (χ3n) is 4.46. The number of halogens is 3. The molecule has 2 aromatic carbocycles. The number of nitrogens with one attached hydrogen (secondary N) is 2. The van der Waals surface area contributed by atoms with Gasteiger partial charge in [0, 0.05) is 5.69 Å². The van der Waals surface area contributed by atoms with Crippen molar-refractivity contribution in [2.24, 2.45) is 5.41 Å². The molecule has 0 saturated heterocycles. The van der Waals surface area contributed by atoms with Gasteiger partial charge in [-0.1, -0.05) is 30.3 Å². The predicted octanol–water partition coefficient (Wildman–Crippen LogP) is 4.53. The summed E-state index contributed by atoms with van der Waals surface area (Å²) in [4.78, 5) is 24.4. The van der Waals surface area contributed by atoms with Crippen molar-refractivity contribution >= 4 is 46.4 Å². The Bertz CT molecular complexity index is 858. The van der Waals surface area contributed by atoms with Crippen molar-refractivity contribution in [1.82, 2.24) is 0 Å². The van der Waals surface area contributed by atoms with Crippen molar-refractivity contribution in [1.29, 1.82) is 0 Å². The van der Waals surface area contributed by atoms with Gasteiger partial charge in [-0.25, -0.2) is 4.39 Å². The molecule has 0 bridgehead atoms. The summed E-state index contributed by atoms with van der Waals surface area (Å²) in [6, 6.07) is 13.1. The molecule has 0 radical (unpaired) electrons. The highest BCUT2D eigenvalue weighted by molar-refractivity contribution is 6.53. The topological polar surface area (TPSA) is 58.2 Å². The minimum absolute atomic E-state index is 0.00677. The smallest absolute Gasteiger partial charge is 0.233 e. The van der Waals surface area contributed by atoms with Crippen LogP contribution in [-0.2, 0) is 16.0 Å². The lowest BCUT2D eigenvalue weighted by molar-refractivity contribution is -0.120. The second-order valence-corrected chi connectivity index (χ2v) is 8.06. The molecule has 7 heteroatoms. The van der Waals surface area contributed by atoms with E-state index in [4.69, 9.17) is 23.2 Å². The van der Waals surface area contributed by atoms with Crippen molar-refractivity contribution in [2.45, 2.75) is 24.1 Å². The lowest BCUT2D eigenvalue weighted by Gasteiger charge is -2.14. The number of carbonyl (C=O) groups is 2. The first-order valence-corrected chi connectivity index (χ1v) is 8.79. The number of benzene rings is 2. The quantitative estimate of drug-likeness (QED) is 0.731. The lowest BCUT2D eigenvalue weighted by atomic mass is 10.1. The highest BCUT2D eigenvalue weighted by atomic mass is 35.5. The number of anilines is 2. The van der Waals surface area contributed by atoms with Gasteiger partial charge in [0.15, 0.2) is 0 Å². The second kappa shape index (κ2) is 6.89. The summed E-state index contributed by atoms with van der Waals surface area (Å²) in [6.45, 7) is 1.66. The second-order valence-electron chi connectivity index (χ2n) is 6.57. The molecule has 2 amide bonds. The van der Waals surface area contributed by atoms with Gasteiger partial charge in [-0.2, -0.15) is 0 Å². The Hall–Kier alpha value is -2.11. The first kappa shape index (κ1) is 18.7. The van der Waals surface area contributed by atoms with Crippen LogP contribution in [0.15, 0.2) is 48.5 Å². The van der Waals surface area contributed by atoms with Gasteiger partial charge in [0.05, 0.1) is 17.5 Å². The van der Waals surface area contributed by atoms with E-state index >= 15 is 0 Å². The summed E-state index contributed by atoms with van der Waals surface area (Å²) < 4.78 is 12.9. The van der Waals surface area contributed by atoms with Crippen molar-refractivity contribution in [3.8, 4) is 0 Å². The molecule has 1 aliphatic rings. The molecule has 1 aliphatic carbocycles. The molecule has 4 nitrogen and oxygen atoms in total. The van der Waals surface area contributed by atoms with Gasteiger partial charge >= 0.3 is 0 Å². The van der Waals surface area contributed by atoms with E-state index in [0.717, 1.165) is 5.56 Å². The highest BCUT2D eigenvalue weighted by Crippen LogP contribution is 2.64. The summed E-state index contributed by atoms with van der Waals surface area (Å²) in [6.07, 6.45) is 0.465. The zero-order chi connectivity index (χ0) is 18.9. The molecule has 1 fully saturated rings. The van der Waals surface area contributed by atoms with E-state index in [1.807, 2.05) is 30.3 Å². The molecule has 0 aromatic heterocycles. The maximum absolute atomic E-state index is 14.0. The van der Waals surface area contributed by atoms with Crippen LogP contribution in [0, 0.1) is 11.2 Å².